The maximum Gasteiger partial charge on any atom is 0.239 e. The Morgan fingerprint density at radius 2 is 1.56 bits per heavy atom. The molecular weight excluding hydrogens is 704 g/mol. The molecule has 3 aliphatic heterocycles. The topological polar surface area (TPSA) is 328 Å². The molecule has 52 heavy (non-hydrogen) atoms. The van der Waals surface area contributed by atoms with Gasteiger partial charge < -0.3 is 94.1 Å². The van der Waals surface area contributed by atoms with Gasteiger partial charge in [-0.2, -0.15) is 0 Å². The number of hydrogen-bond acceptors (Lipinski definition) is 20. The SMILES string of the molecule is C[C@@H]1O[C@@H](OC[C@H]2O[C@@H](Oc3c(-c4ccc(O)c(O)c4)oc4cc(O)cc(O)c4c3=O)[C@H](O[C@@H]3OC[C@](O)(CO)[C@H]3O)[C@@H](O)[C@@H]2O)[C@H](O)[C@H](O)[C@H]1O. The van der Waals surface area contributed by atoms with Crippen LogP contribution in [0.5, 0.6) is 28.7 Å². The smallest absolute Gasteiger partial charge is 0.239 e. The second kappa shape index (κ2) is 14.5. The van der Waals surface area contributed by atoms with Gasteiger partial charge in [-0.25, -0.2) is 0 Å². The van der Waals surface area contributed by atoms with Gasteiger partial charge in [0.25, 0.3) is 0 Å². The number of aliphatic hydroxyl groups excluding tert-OH is 7. The van der Waals surface area contributed by atoms with Crippen LogP contribution in [0, 0.1) is 0 Å². The molecule has 20 nitrogen and oxygen atoms in total. The van der Waals surface area contributed by atoms with Crippen LogP contribution in [0.15, 0.2) is 39.5 Å². The minimum Gasteiger partial charge on any atom is -0.508 e. The Labute approximate surface area is 292 Å². The van der Waals surface area contributed by atoms with Crippen molar-refractivity contribution in [2.75, 3.05) is 19.8 Å². The van der Waals surface area contributed by atoms with Gasteiger partial charge in [-0.15, -0.1) is 0 Å². The van der Waals surface area contributed by atoms with E-state index >= 15 is 0 Å². The molecule has 0 unspecified atom stereocenters. The number of rotatable bonds is 9. The Balaban J connectivity index is 1.39. The lowest BCUT2D eigenvalue weighted by atomic mass is 9.97. The van der Waals surface area contributed by atoms with Crippen molar-refractivity contribution in [2.45, 2.75) is 86.3 Å². The maximum absolute atomic E-state index is 14.0. The summed E-state index contributed by atoms with van der Waals surface area (Å²) in [6.07, 6.45) is -20.6. The third-order valence-electron chi connectivity index (χ3n) is 9.14. The van der Waals surface area contributed by atoms with E-state index in [9.17, 15) is 66.1 Å². The Morgan fingerprint density at radius 3 is 2.23 bits per heavy atom. The van der Waals surface area contributed by atoms with Gasteiger partial charge in [-0.05, 0) is 25.1 Å². The fourth-order valence-electron chi connectivity index (χ4n) is 6.03. The average molecular weight is 743 g/mol. The average Bonchev–Trinajstić information content (AvgIpc) is 3.39. The largest absolute Gasteiger partial charge is 0.508 e. The van der Waals surface area contributed by atoms with Crippen LogP contribution < -0.4 is 10.2 Å². The molecule has 12 N–H and O–H groups in total. The maximum atomic E-state index is 14.0. The molecule has 0 saturated carbocycles. The molecule has 4 heterocycles. The highest BCUT2D eigenvalue weighted by Crippen LogP contribution is 2.40. The fraction of sp³-hybridized carbons (Fsp3) is 0.531. The minimum atomic E-state index is -2.19. The van der Waals surface area contributed by atoms with E-state index in [1.807, 2.05) is 0 Å². The summed E-state index contributed by atoms with van der Waals surface area (Å²) in [7, 11) is 0. The minimum absolute atomic E-state index is 0.0956. The summed E-state index contributed by atoms with van der Waals surface area (Å²) >= 11 is 0. The molecule has 1 aromatic heterocycles. The monoisotopic (exact) mass is 742 g/mol. The number of benzene rings is 2. The van der Waals surface area contributed by atoms with Gasteiger partial charge in [0.1, 0.15) is 70.8 Å². The summed E-state index contributed by atoms with van der Waals surface area (Å²) in [6.45, 7) is -0.880. The quantitative estimate of drug-likeness (QED) is 0.0959. The predicted octanol–water partition coefficient (Wildman–Crippen LogP) is -3.22. The Hall–Kier alpha value is -3.87. The van der Waals surface area contributed by atoms with Crippen molar-refractivity contribution >= 4 is 11.0 Å². The van der Waals surface area contributed by atoms with Crippen molar-refractivity contribution in [1.82, 2.24) is 0 Å². The van der Waals surface area contributed by atoms with Crippen LogP contribution in [0.3, 0.4) is 0 Å². The normalized spacial score (nSPS) is 36.6. The van der Waals surface area contributed by atoms with E-state index in [1.54, 1.807) is 0 Å². The molecule has 286 valence electrons. The van der Waals surface area contributed by atoms with E-state index in [4.69, 9.17) is 32.8 Å². The molecule has 20 heteroatoms. The molecule has 2 aromatic carbocycles. The van der Waals surface area contributed by atoms with Crippen molar-refractivity contribution < 1.29 is 94.1 Å². The summed E-state index contributed by atoms with van der Waals surface area (Å²) in [4.78, 5) is 14.0. The van der Waals surface area contributed by atoms with Crippen LogP contribution in [0.4, 0.5) is 0 Å². The zero-order valence-corrected chi connectivity index (χ0v) is 27.1. The van der Waals surface area contributed by atoms with Crippen LogP contribution >= 0.6 is 0 Å². The van der Waals surface area contributed by atoms with Crippen molar-refractivity contribution in [3.8, 4) is 40.1 Å². The van der Waals surface area contributed by atoms with Crippen molar-refractivity contribution in [3.63, 3.8) is 0 Å². The molecule has 6 rings (SSSR count). The molecule has 3 saturated heterocycles. The fourth-order valence-corrected chi connectivity index (χ4v) is 6.03. The first-order valence-corrected chi connectivity index (χ1v) is 15.9. The molecule has 0 radical (unpaired) electrons. The van der Waals surface area contributed by atoms with Gasteiger partial charge >= 0.3 is 0 Å². The lowest BCUT2D eigenvalue weighted by Gasteiger charge is -2.44. The van der Waals surface area contributed by atoms with Crippen LogP contribution in [0.2, 0.25) is 0 Å². The number of phenolic OH excluding ortho intramolecular Hbond substituents is 4. The number of phenols is 4. The van der Waals surface area contributed by atoms with Gasteiger partial charge in [-0.1, -0.05) is 0 Å². The number of aromatic hydroxyl groups is 4. The van der Waals surface area contributed by atoms with E-state index < -0.39 is 145 Å². The van der Waals surface area contributed by atoms with Gasteiger partial charge in [0.05, 0.1) is 25.9 Å². The van der Waals surface area contributed by atoms with Gasteiger partial charge in [0, 0.05) is 17.7 Å². The standard InChI is InChI=1S/C32H38O20/c1-10-19(38)22(41)24(43)29(48-10)46-7-17-20(39)23(42)27(52-31-28(44)32(45,8-33)9-47-31)30(50-17)51-26-21(40)18-15(37)5-12(34)6-16(18)49-25(26)11-2-3-13(35)14(36)4-11/h2-6,10,17,19-20,22-24,27-31,33-39,41-45H,7-9H2,1H3/t10-,17+,19-,20+,22+,23-,24+,27+,28-,29+,30-,31-,32+/m0/s1. The zero-order valence-electron chi connectivity index (χ0n) is 27.1. The summed E-state index contributed by atoms with van der Waals surface area (Å²) in [6, 6.07) is 5.08. The number of aliphatic hydroxyl groups is 8. The molecular formula is C32H38O20. The first kappa shape index (κ1) is 37.9. The predicted molar refractivity (Wildman–Crippen MR) is 167 cm³/mol. The van der Waals surface area contributed by atoms with Crippen LogP contribution in [0.1, 0.15) is 6.92 Å². The molecule has 0 amide bonds. The number of fused-ring (bicyclic) bond motifs is 1. The van der Waals surface area contributed by atoms with E-state index in [0.29, 0.717) is 0 Å². The third-order valence-corrected chi connectivity index (χ3v) is 9.14. The number of hydrogen-bond donors (Lipinski definition) is 12. The summed E-state index contributed by atoms with van der Waals surface area (Å²) in [5.74, 6) is -3.68. The van der Waals surface area contributed by atoms with Crippen LogP contribution in [0.25, 0.3) is 22.3 Å². The molecule has 3 aliphatic rings. The molecule has 0 bridgehead atoms. The first-order chi connectivity index (χ1) is 24.5. The molecule has 3 aromatic rings. The highest BCUT2D eigenvalue weighted by molar-refractivity contribution is 5.88. The first-order valence-electron chi connectivity index (χ1n) is 15.9. The lowest BCUT2D eigenvalue weighted by molar-refractivity contribution is -0.335. The van der Waals surface area contributed by atoms with Crippen molar-refractivity contribution in [1.29, 1.82) is 0 Å². The second-order valence-electron chi connectivity index (χ2n) is 12.8. The van der Waals surface area contributed by atoms with Crippen molar-refractivity contribution in [3.05, 3.63) is 40.6 Å². The Bertz CT molecular complexity index is 1820. The van der Waals surface area contributed by atoms with Gasteiger partial charge in [0.15, 0.2) is 35.9 Å². The van der Waals surface area contributed by atoms with E-state index in [1.165, 1.54) is 13.0 Å². The molecule has 13 atom stereocenters. The lowest BCUT2D eigenvalue weighted by Crippen LogP contribution is -2.63. The second-order valence-corrected chi connectivity index (χ2v) is 12.8. The van der Waals surface area contributed by atoms with E-state index in [2.05, 4.69) is 0 Å². The van der Waals surface area contributed by atoms with Gasteiger partial charge in [-0.3, -0.25) is 4.79 Å². The third kappa shape index (κ3) is 6.85. The van der Waals surface area contributed by atoms with E-state index in [-0.39, 0.29) is 11.1 Å². The molecule has 0 spiro atoms. The Morgan fingerprint density at radius 1 is 0.827 bits per heavy atom. The molecule has 0 aliphatic carbocycles. The summed E-state index contributed by atoms with van der Waals surface area (Å²) in [5, 5.41) is 124. The van der Waals surface area contributed by atoms with E-state index in [0.717, 1.165) is 24.3 Å². The van der Waals surface area contributed by atoms with Crippen LogP contribution in [-0.2, 0) is 23.7 Å². The molecule has 3 fully saturated rings. The highest BCUT2D eigenvalue weighted by Gasteiger charge is 2.54. The van der Waals surface area contributed by atoms with Crippen molar-refractivity contribution in [2.24, 2.45) is 0 Å². The van der Waals surface area contributed by atoms with Gasteiger partial charge in [0.2, 0.25) is 17.5 Å². The highest BCUT2D eigenvalue weighted by atomic mass is 16.8. The number of ether oxygens (including phenoxy) is 6. The Kier molecular flexibility index (Phi) is 10.6. The summed E-state index contributed by atoms with van der Waals surface area (Å²) in [5.41, 5.74) is -3.73. The van der Waals surface area contributed by atoms with Crippen LogP contribution in [-0.4, -0.2) is 161 Å². The zero-order chi connectivity index (χ0) is 37.8. The summed E-state index contributed by atoms with van der Waals surface area (Å²) < 4.78 is 39.7.